The van der Waals surface area contributed by atoms with E-state index in [4.69, 9.17) is 0 Å². The van der Waals surface area contributed by atoms with Gasteiger partial charge in [0, 0.05) is 5.92 Å². The number of fused-ring (bicyclic) bond motifs is 4. The second-order valence-corrected chi connectivity index (χ2v) is 19.5. The van der Waals surface area contributed by atoms with E-state index in [1.165, 1.54) is 86.5 Å². The lowest BCUT2D eigenvalue weighted by molar-refractivity contribution is 0.238. The number of hydrogen-bond donors (Lipinski definition) is 0. The molecule has 0 aliphatic heterocycles. The average Bonchev–Trinajstić information content (AvgIpc) is 3.85. The van der Waals surface area contributed by atoms with Gasteiger partial charge in [-0.1, -0.05) is 215 Å². The number of benzene rings is 5. The Balaban J connectivity index is 0.000000131. The van der Waals surface area contributed by atoms with Crippen molar-refractivity contribution >= 4 is 0 Å². The molecule has 2 fully saturated rings. The molecule has 0 heteroatoms. The minimum Gasteiger partial charge on any atom is -0.0625 e. The van der Waals surface area contributed by atoms with Gasteiger partial charge >= 0.3 is 0 Å². The molecule has 0 spiro atoms. The Kier molecular flexibility index (Phi) is 16.1. The first-order valence-electron chi connectivity index (χ1n) is 23.5. The Labute approximate surface area is 355 Å². The third-order valence-electron chi connectivity index (χ3n) is 14.4. The van der Waals surface area contributed by atoms with E-state index in [-0.39, 0.29) is 0 Å². The van der Waals surface area contributed by atoms with E-state index in [1.807, 2.05) is 0 Å². The first-order valence-corrected chi connectivity index (χ1v) is 23.5. The van der Waals surface area contributed by atoms with Gasteiger partial charge in [0.25, 0.3) is 0 Å². The maximum absolute atomic E-state index is 2.38. The van der Waals surface area contributed by atoms with Crippen LogP contribution in [-0.2, 0) is 12.8 Å². The summed E-state index contributed by atoms with van der Waals surface area (Å²) in [4.78, 5) is 0. The van der Waals surface area contributed by atoms with Crippen LogP contribution in [0.1, 0.15) is 158 Å². The van der Waals surface area contributed by atoms with Crippen LogP contribution in [0, 0.1) is 41.4 Å². The van der Waals surface area contributed by atoms with Gasteiger partial charge in [-0.2, -0.15) is 0 Å². The molecule has 5 aromatic rings. The Morgan fingerprint density at radius 1 is 0.362 bits per heavy atom. The summed E-state index contributed by atoms with van der Waals surface area (Å²) in [5, 5.41) is 0. The first-order chi connectivity index (χ1) is 28.1. The summed E-state index contributed by atoms with van der Waals surface area (Å²) in [6.45, 7) is 18.8. The van der Waals surface area contributed by atoms with Gasteiger partial charge in [0.05, 0.1) is 0 Å². The van der Waals surface area contributed by atoms with E-state index in [2.05, 4.69) is 189 Å². The molecular formula is C58H76. The predicted octanol–water partition coefficient (Wildman–Crippen LogP) is 16.7. The molecule has 0 aromatic heterocycles. The molecule has 9 rings (SSSR count). The van der Waals surface area contributed by atoms with E-state index in [1.54, 1.807) is 22.3 Å². The van der Waals surface area contributed by atoms with Gasteiger partial charge in [-0.3, -0.25) is 0 Å². The lowest BCUT2D eigenvalue weighted by Crippen LogP contribution is -2.22. The summed E-state index contributed by atoms with van der Waals surface area (Å²) >= 11 is 0. The molecule has 58 heavy (non-hydrogen) atoms. The quantitative estimate of drug-likeness (QED) is 0.161. The molecule has 0 saturated heterocycles. The van der Waals surface area contributed by atoms with Crippen LogP contribution in [0.2, 0.25) is 0 Å². The van der Waals surface area contributed by atoms with Crippen molar-refractivity contribution in [1.82, 2.24) is 0 Å². The van der Waals surface area contributed by atoms with Crippen LogP contribution in [0.15, 0.2) is 133 Å². The van der Waals surface area contributed by atoms with Crippen molar-refractivity contribution in [2.24, 2.45) is 41.4 Å². The van der Waals surface area contributed by atoms with Gasteiger partial charge in [0.1, 0.15) is 0 Å². The summed E-state index contributed by atoms with van der Waals surface area (Å²) in [7, 11) is 0. The Morgan fingerprint density at radius 2 is 0.724 bits per heavy atom. The number of rotatable bonds is 6. The van der Waals surface area contributed by atoms with Crippen molar-refractivity contribution in [1.29, 1.82) is 0 Å². The Hall–Kier alpha value is -3.90. The van der Waals surface area contributed by atoms with Crippen LogP contribution in [0.25, 0.3) is 11.1 Å². The van der Waals surface area contributed by atoms with Crippen molar-refractivity contribution < 1.29 is 0 Å². The molecule has 0 amide bonds. The van der Waals surface area contributed by atoms with Gasteiger partial charge in [0.15, 0.2) is 0 Å². The van der Waals surface area contributed by atoms with Crippen molar-refractivity contribution in [3.8, 4) is 11.1 Å². The van der Waals surface area contributed by atoms with Crippen LogP contribution in [-0.4, -0.2) is 0 Å². The molecular weight excluding hydrogens is 697 g/mol. The third-order valence-corrected chi connectivity index (χ3v) is 14.4. The molecule has 0 bridgehead atoms. The lowest BCUT2D eigenvalue weighted by atomic mass is 9.71. The largest absolute Gasteiger partial charge is 0.0625 e. The second-order valence-electron chi connectivity index (χ2n) is 19.5. The maximum Gasteiger partial charge on any atom is 0.0125 e. The van der Waals surface area contributed by atoms with Crippen molar-refractivity contribution in [3.63, 3.8) is 0 Å². The highest BCUT2D eigenvalue weighted by Crippen LogP contribution is 2.48. The van der Waals surface area contributed by atoms with E-state index < -0.39 is 0 Å². The van der Waals surface area contributed by atoms with Crippen molar-refractivity contribution in [3.05, 3.63) is 167 Å². The minimum atomic E-state index is 0.576. The van der Waals surface area contributed by atoms with Crippen molar-refractivity contribution in [2.45, 2.75) is 137 Å². The van der Waals surface area contributed by atoms with Crippen molar-refractivity contribution in [2.75, 3.05) is 0 Å². The average molecular weight is 773 g/mol. The zero-order valence-electron chi connectivity index (χ0n) is 37.5. The molecule has 4 atom stereocenters. The molecule has 5 aromatic carbocycles. The summed E-state index contributed by atoms with van der Waals surface area (Å²) in [6, 6.07) is 48.7. The summed E-state index contributed by atoms with van der Waals surface area (Å²) in [5.41, 5.74) is 12.1. The summed E-state index contributed by atoms with van der Waals surface area (Å²) in [5.74, 6) is 8.06. The fraction of sp³-hybridized carbons (Fsp3) is 0.483. The van der Waals surface area contributed by atoms with Crippen LogP contribution >= 0.6 is 0 Å². The summed E-state index contributed by atoms with van der Waals surface area (Å²) in [6.07, 6.45) is 14.0. The molecule has 0 N–H and O–H groups in total. The molecule has 2 unspecified atom stereocenters. The predicted molar refractivity (Wildman–Crippen MR) is 253 cm³/mol. The van der Waals surface area contributed by atoms with E-state index in [9.17, 15) is 0 Å². The van der Waals surface area contributed by atoms with Crippen LogP contribution in [0.3, 0.4) is 0 Å². The monoisotopic (exact) mass is 773 g/mol. The van der Waals surface area contributed by atoms with E-state index >= 15 is 0 Å². The van der Waals surface area contributed by atoms with Gasteiger partial charge in [-0.25, -0.2) is 0 Å². The molecule has 4 aliphatic carbocycles. The number of hydrogen-bond acceptors (Lipinski definition) is 0. The molecule has 4 aliphatic rings. The van der Waals surface area contributed by atoms with Gasteiger partial charge in [0.2, 0.25) is 0 Å². The lowest BCUT2D eigenvalue weighted by Gasteiger charge is -2.34. The Morgan fingerprint density at radius 3 is 1.10 bits per heavy atom. The molecule has 2 saturated carbocycles. The zero-order valence-corrected chi connectivity index (χ0v) is 37.5. The smallest absolute Gasteiger partial charge is 0.0125 e. The second kappa shape index (κ2) is 21.4. The highest BCUT2D eigenvalue weighted by atomic mass is 14.4. The van der Waals surface area contributed by atoms with Crippen LogP contribution in [0.4, 0.5) is 0 Å². The third kappa shape index (κ3) is 11.0. The van der Waals surface area contributed by atoms with Gasteiger partial charge < -0.3 is 0 Å². The normalized spacial score (nSPS) is 21.2. The first kappa shape index (κ1) is 43.7. The molecule has 0 heterocycles. The highest BCUT2D eigenvalue weighted by Gasteiger charge is 2.31. The minimum absolute atomic E-state index is 0.576. The fourth-order valence-corrected chi connectivity index (χ4v) is 11.1. The van der Waals surface area contributed by atoms with E-state index in [0.717, 1.165) is 47.3 Å². The molecule has 0 nitrogen and oxygen atoms in total. The standard InChI is InChI=1S/C16H16.2C15H22.C12H16/c1-11(2)16-14-9-5-3-7-12(14)13-8-4-6-10-15(13)16;2*1-12(2)14-10-6-7-11-15(14)13-8-4-3-5-9-13;1-9(2)12-7-10-5-3-4-6-11(10)8-12/h3-11,16H,1-2H3;2*3-5,8-9,12,14-15H,6-7,10-11H2,1-2H3;3-6,9,12H,7-8H2,1-2H3/t;2*14-,15?;/m.10./s1. The molecule has 0 radical (unpaired) electrons. The van der Waals surface area contributed by atoms with Crippen LogP contribution in [0.5, 0.6) is 0 Å². The highest BCUT2D eigenvalue weighted by molar-refractivity contribution is 5.78. The topological polar surface area (TPSA) is 0 Å². The summed E-state index contributed by atoms with van der Waals surface area (Å²) < 4.78 is 0. The van der Waals surface area contributed by atoms with E-state index in [0.29, 0.717) is 11.8 Å². The fourth-order valence-electron chi connectivity index (χ4n) is 11.1. The maximum atomic E-state index is 2.38. The van der Waals surface area contributed by atoms with Gasteiger partial charge in [-0.15, -0.1) is 0 Å². The SMILES string of the molecule is CC(C)C1Cc2ccccc2C1.CC(C)C1c2ccccc2-c2ccccc21.CC(C)[C@@H]1CCCCC1c1ccccc1.CC(C)[C@H]1CCCCC1c1ccccc1. The van der Waals surface area contributed by atoms with Crippen LogP contribution < -0.4 is 0 Å². The molecule has 308 valence electrons. The van der Waals surface area contributed by atoms with Gasteiger partial charge in [-0.05, 0) is 136 Å². The Bertz CT molecular complexity index is 1800. The zero-order chi connectivity index (χ0) is 41.0.